The fourth-order valence-corrected chi connectivity index (χ4v) is 1.60. The third kappa shape index (κ3) is 2.72. The molecule has 17 heavy (non-hydrogen) atoms. The molecule has 2 rings (SSSR count). The zero-order chi connectivity index (χ0) is 12.1. The second-order valence-electron chi connectivity index (χ2n) is 3.62. The van der Waals surface area contributed by atoms with Gasteiger partial charge in [0.1, 0.15) is 5.75 Å². The molecule has 2 heteroatoms. The molecule has 0 amide bonds. The molecule has 0 aliphatic rings. The molecule has 0 fully saturated rings. The first kappa shape index (κ1) is 11.4. The van der Waals surface area contributed by atoms with E-state index in [1.54, 1.807) is 0 Å². The van der Waals surface area contributed by atoms with Gasteiger partial charge in [-0.2, -0.15) is 0 Å². The zero-order valence-electron chi connectivity index (χ0n) is 9.73. The Kier molecular flexibility index (Phi) is 3.55. The van der Waals surface area contributed by atoms with E-state index >= 15 is 0 Å². The first-order chi connectivity index (χ1) is 8.31. The van der Waals surface area contributed by atoms with Crippen LogP contribution in [0.25, 0.3) is 0 Å². The molecule has 0 heterocycles. The smallest absolute Gasteiger partial charge is 0.119 e. The van der Waals surface area contributed by atoms with Crippen LogP contribution in [0.3, 0.4) is 0 Å². The number of ether oxygens (including phenoxy) is 1. The molecule has 1 N–H and O–H groups in total. The molecular weight excluding hydrogens is 210 g/mol. The first-order valence-corrected chi connectivity index (χ1v) is 5.59. The summed E-state index contributed by atoms with van der Waals surface area (Å²) in [6, 6.07) is 18.0. The second kappa shape index (κ2) is 5.30. The van der Waals surface area contributed by atoms with Crippen molar-refractivity contribution in [1.82, 2.24) is 0 Å². The molecule has 2 nitrogen and oxygen atoms in total. The van der Waals surface area contributed by atoms with Crippen LogP contribution in [0.4, 0.5) is 0 Å². The molecule has 0 saturated carbocycles. The average molecular weight is 224 g/mol. The Labute approximate surface area is 101 Å². The molecule has 85 valence electrons. The van der Waals surface area contributed by atoms with Gasteiger partial charge in [-0.3, -0.25) is 5.41 Å². The van der Waals surface area contributed by atoms with Crippen LogP contribution in [0.1, 0.15) is 18.1 Å². The van der Waals surface area contributed by atoms with Gasteiger partial charge in [0.25, 0.3) is 0 Å². The fraction of sp³-hybridized carbons (Fsp3) is 0.133. The van der Waals surface area contributed by atoms with Gasteiger partial charge in [0.05, 0.1) is 12.3 Å². The molecular formula is C15H14NO. The van der Waals surface area contributed by atoms with Gasteiger partial charge in [0.15, 0.2) is 0 Å². The Balaban J connectivity index is 2.20. The van der Waals surface area contributed by atoms with Crippen molar-refractivity contribution in [2.75, 3.05) is 6.61 Å². The van der Waals surface area contributed by atoms with Gasteiger partial charge in [-0.1, -0.05) is 24.3 Å². The minimum absolute atomic E-state index is 0.516. The van der Waals surface area contributed by atoms with Crippen LogP contribution in [0, 0.1) is 11.5 Å². The highest BCUT2D eigenvalue weighted by Gasteiger charge is 2.03. The second-order valence-corrected chi connectivity index (χ2v) is 3.62. The van der Waals surface area contributed by atoms with Crippen LogP contribution >= 0.6 is 0 Å². The van der Waals surface area contributed by atoms with Crippen molar-refractivity contribution in [2.24, 2.45) is 0 Å². The molecule has 0 aromatic heterocycles. The third-order valence-electron chi connectivity index (χ3n) is 2.46. The molecule has 1 radical (unpaired) electrons. The Morgan fingerprint density at radius 3 is 2.24 bits per heavy atom. The van der Waals surface area contributed by atoms with Crippen LogP contribution in [-0.2, 0) is 0 Å². The summed E-state index contributed by atoms with van der Waals surface area (Å²) in [7, 11) is 0. The van der Waals surface area contributed by atoms with Crippen LogP contribution < -0.4 is 4.74 Å². The maximum Gasteiger partial charge on any atom is 0.119 e. The lowest BCUT2D eigenvalue weighted by Crippen LogP contribution is -2.01. The lowest BCUT2D eigenvalue weighted by atomic mass is 10.0. The maximum absolute atomic E-state index is 8.09. The quantitative estimate of drug-likeness (QED) is 0.794. The van der Waals surface area contributed by atoms with Crippen LogP contribution in [-0.4, -0.2) is 12.3 Å². The Morgan fingerprint density at radius 1 is 1.06 bits per heavy atom. The van der Waals surface area contributed by atoms with E-state index in [4.69, 9.17) is 10.1 Å². The van der Waals surface area contributed by atoms with E-state index in [1.807, 2.05) is 55.5 Å². The Morgan fingerprint density at radius 2 is 1.65 bits per heavy atom. The predicted octanol–water partition coefficient (Wildman–Crippen LogP) is 3.30. The van der Waals surface area contributed by atoms with Crippen molar-refractivity contribution < 1.29 is 4.74 Å². The van der Waals surface area contributed by atoms with Crippen molar-refractivity contribution >= 4 is 5.71 Å². The van der Waals surface area contributed by atoms with E-state index in [-0.39, 0.29) is 0 Å². The van der Waals surface area contributed by atoms with Gasteiger partial charge in [-0.15, -0.1) is 0 Å². The summed E-state index contributed by atoms with van der Waals surface area (Å²) in [5.74, 6) is 0.838. The highest BCUT2D eigenvalue weighted by molar-refractivity contribution is 6.10. The van der Waals surface area contributed by atoms with Gasteiger partial charge in [-0.25, -0.2) is 0 Å². The highest BCUT2D eigenvalue weighted by atomic mass is 16.5. The molecule has 0 atom stereocenters. The van der Waals surface area contributed by atoms with E-state index in [0.717, 1.165) is 16.9 Å². The molecule has 2 aromatic rings. The predicted molar refractivity (Wildman–Crippen MR) is 68.8 cm³/mol. The monoisotopic (exact) mass is 224 g/mol. The zero-order valence-corrected chi connectivity index (χ0v) is 9.73. The number of rotatable bonds is 4. The molecule has 0 saturated heterocycles. The number of hydrogen-bond donors (Lipinski definition) is 1. The summed E-state index contributed by atoms with van der Waals surface area (Å²) in [4.78, 5) is 0. The number of benzene rings is 2. The van der Waals surface area contributed by atoms with Gasteiger partial charge >= 0.3 is 0 Å². The van der Waals surface area contributed by atoms with Crippen molar-refractivity contribution in [3.05, 3.63) is 65.7 Å². The van der Waals surface area contributed by atoms with Gasteiger partial charge in [0, 0.05) is 11.1 Å². The lowest BCUT2D eigenvalue weighted by molar-refractivity contribution is 0.340. The molecule has 0 bridgehead atoms. The fourth-order valence-electron chi connectivity index (χ4n) is 1.60. The van der Waals surface area contributed by atoms with Crippen LogP contribution in [0.15, 0.2) is 48.5 Å². The highest BCUT2D eigenvalue weighted by Crippen LogP contribution is 2.15. The summed E-state index contributed by atoms with van der Waals surface area (Å²) >= 11 is 0. The van der Waals surface area contributed by atoms with Crippen molar-refractivity contribution in [3.8, 4) is 5.75 Å². The standard InChI is InChI=1S/C15H14NO/c1-2-17-14-10-8-13(9-11-14)15(16)12-6-4-3-5-7-12/h4-11,16H,2H2,1H3. The normalized spacial score (nSPS) is 9.94. The molecule has 0 spiro atoms. The van der Waals surface area contributed by atoms with Crippen LogP contribution in [0.5, 0.6) is 5.75 Å². The van der Waals surface area contributed by atoms with Gasteiger partial charge in [0.2, 0.25) is 0 Å². The molecule has 0 unspecified atom stereocenters. The maximum atomic E-state index is 8.09. The molecule has 2 aromatic carbocycles. The largest absolute Gasteiger partial charge is 0.494 e. The summed E-state index contributed by atoms with van der Waals surface area (Å²) in [6.45, 7) is 2.61. The SMILES string of the molecule is CCOc1ccc(C(=N)c2cc[c]cc2)cc1. The summed E-state index contributed by atoms with van der Waals surface area (Å²) < 4.78 is 5.37. The van der Waals surface area contributed by atoms with Crippen molar-refractivity contribution in [3.63, 3.8) is 0 Å². The third-order valence-corrected chi connectivity index (χ3v) is 2.46. The first-order valence-electron chi connectivity index (χ1n) is 5.59. The minimum Gasteiger partial charge on any atom is -0.494 e. The minimum atomic E-state index is 0.516. The summed E-state index contributed by atoms with van der Waals surface area (Å²) in [5.41, 5.74) is 2.30. The Bertz CT molecular complexity index is 488. The lowest BCUT2D eigenvalue weighted by Gasteiger charge is -2.06. The van der Waals surface area contributed by atoms with E-state index in [2.05, 4.69) is 6.07 Å². The van der Waals surface area contributed by atoms with E-state index in [0.29, 0.717) is 12.3 Å². The average Bonchev–Trinajstić information content (AvgIpc) is 2.40. The van der Waals surface area contributed by atoms with Gasteiger partial charge in [-0.05, 0) is 37.3 Å². The van der Waals surface area contributed by atoms with Crippen molar-refractivity contribution in [2.45, 2.75) is 6.92 Å². The summed E-state index contributed by atoms with van der Waals surface area (Å²) in [5, 5.41) is 8.09. The summed E-state index contributed by atoms with van der Waals surface area (Å²) in [6.07, 6.45) is 0. The van der Waals surface area contributed by atoms with Crippen molar-refractivity contribution in [1.29, 1.82) is 5.41 Å². The molecule has 0 aliphatic carbocycles. The number of hydrogen-bond acceptors (Lipinski definition) is 2. The van der Waals surface area contributed by atoms with E-state index < -0.39 is 0 Å². The van der Waals surface area contributed by atoms with Crippen LogP contribution in [0.2, 0.25) is 0 Å². The Hall–Kier alpha value is -2.09. The topological polar surface area (TPSA) is 33.1 Å². The molecule has 0 aliphatic heterocycles. The van der Waals surface area contributed by atoms with E-state index in [9.17, 15) is 0 Å². The van der Waals surface area contributed by atoms with E-state index in [1.165, 1.54) is 0 Å². The van der Waals surface area contributed by atoms with Gasteiger partial charge < -0.3 is 4.74 Å². The number of nitrogens with one attached hydrogen (secondary N) is 1.